The van der Waals surface area contributed by atoms with Crippen LogP contribution in [0.1, 0.15) is 12.5 Å². The Morgan fingerprint density at radius 3 is 2.88 bits per heavy atom. The highest BCUT2D eigenvalue weighted by Gasteiger charge is 2.15. The van der Waals surface area contributed by atoms with Gasteiger partial charge >= 0.3 is 0 Å². The number of rotatable bonds is 6. The van der Waals surface area contributed by atoms with Gasteiger partial charge in [-0.25, -0.2) is 4.52 Å². The van der Waals surface area contributed by atoms with Crippen molar-refractivity contribution in [1.29, 1.82) is 0 Å². The minimum absolute atomic E-state index is 0.501. The van der Waals surface area contributed by atoms with Gasteiger partial charge in [0.2, 0.25) is 5.95 Å². The van der Waals surface area contributed by atoms with Crippen molar-refractivity contribution >= 4 is 33.8 Å². The molecule has 162 valence electrons. The van der Waals surface area contributed by atoms with E-state index in [1.54, 1.807) is 23.0 Å². The lowest BCUT2D eigenvalue weighted by molar-refractivity contribution is 0.797. The maximum atomic E-state index is 4.77. The van der Waals surface area contributed by atoms with Gasteiger partial charge in [0.1, 0.15) is 5.69 Å². The molecule has 1 N–H and O–H groups in total. The zero-order valence-corrected chi connectivity index (χ0v) is 18.5. The first-order chi connectivity index (χ1) is 16.2. The first kappa shape index (κ1) is 20.4. The van der Waals surface area contributed by atoms with Gasteiger partial charge in [0.05, 0.1) is 11.7 Å². The number of nitrogens with one attached hydrogen (secondary N) is 1. The van der Waals surface area contributed by atoms with Gasteiger partial charge in [-0.05, 0) is 36.3 Å². The van der Waals surface area contributed by atoms with Crippen molar-refractivity contribution in [3.8, 4) is 11.3 Å². The van der Waals surface area contributed by atoms with Crippen LogP contribution in [0, 0.1) is 0 Å². The Labute approximate surface area is 191 Å². The molecule has 0 aliphatic carbocycles. The van der Waals surface area contributed by atoms with Gasteiger partial charge in [-0.3, -0.25) is 9.67 Å². The molecule has 0 spiro atoms. The fraction of sp³-hybridized carbons (Fsp3) is 0.0769. The van der Waals surface area contributed by atoms with E-state index in [0.717, 1.165) is 39.0 Å². The van der Waals surface area contributed by atoms with Crippen LogP contribution in [-0.4, -0.2) is 29.4 Å². The van der Waals surface area contributed by atoms with Gasteiger partial charge in [-0.1, -0.05) is 55.1 Å². The molecular weight excluding hydrogens is 410 g/mol. The Balaban J connectivity index is 1.57. The molecule has 3 aromatic heterocycles. The molecule has 0 fully saturated rings. The van der Waals surface area contributed by atoms with E-state index in [1.165, 1.54) is 0 Å². The Bertz CT molecular complexity index is 1540. The average molecular weight is 434 g/mol. The number of aromatic nitrogens is 6. The van der Waals surface area contributed by atoms with Crippen LogP contribution in [0.3, 0.4) is 0 Å². The maximum Gasteiger partial charge on any atom is 0.247 e. The molecular formula is C26H23N7. The van der Waals surface area contributed by atoms with Crippen LogP contribution >= 0.6 is 0 Å². The number of nitrogens with zero attached hydrogens (tertiary/aromatic N) is 6. The van der Waals surface area contributed by atoms with Crippen molar-refractivity contribution < 1.29 is 0 Å². The Morgan fingerprint density at radius 2 is 2.03 bits per heavy atom. The summed E-state index contributed by atoms with van der Waals surface area (Å²) in [7, 11) is 1.92. The Kier molecular flexibility index (Phi) is 5.28. The van der Waals surface area contributed by atoms with Gasteiger partial charge in [0, 0.05) is 36.1 Å². The molecule has 3 heterocycles. The van der Waals surface area contributed by atoms with Crippen molar-refractivity contribution in [2.24, 2.45) is 7.05 Å². The van der Waals surface area contributed by atoms with Gasteiger partial charge < -0.3 is 5.32 Å². The third kappa shape index (κ3) is 3.80. The number of fused-ring (bicyclic) bond motifs is 2. The largest absolute Gasteiger partial charge is 0.323 e. The third-order valence-corrected chi connectivity index (χ3v) is 5.48. The van der Waals surface area contributed by atoms with Crippen molar-refractivity contribution in [2.45, 2.75) is 6.92 Å². The molecule has 7 heteroatoms. The lowest BCUT2D eigenvalue weighted by Gasteiger charge is -2.10. The number of allylic oxidation sites excluding steroid dienone is 5. The van der Waals surface area contributed by atoms with Crippen molar-refractivity contribution in [3.63, 3.8) is 0 Å². The highest BCUT2D eigenvalue weighted by molar-refractivity contribution is 5.88. The summed E-state index contributed by atoms with van der Waals surface area (Å²) in [5.41, 5.74) is 6.50. The molecule has 0 atom stereocenters. The second-order valence-corrected chi connectivity index (χ2v) is 7.53. The molecule has 0 aliphatic heterocycles. The molecule has 0 amide bonds. The van der Waals surface area contributed by atoms with E-state index < -0.39 is 0 Å². The number of anilines is 2. The van der Waals surface area contributed by atoms with E-state index in [0.29, 0.717) is 11.6 Å². The quantitative estimate of drug-likeness (QED) is 0.355. The monoisotopic (exact) mass is 433 g/mol. The molecule has 0 aliphatic rings. The highest BCUT2D eigenvalue weighted by Crippen LogP contribution is 2.31. The lowest BCUT2D eigenvalue weighted by Crippen LogP contribution is -1.96. The number of aryl methyl sites for hydroxylation is 1. The summed E-state index contributed by atoms with van der Waals surface area (Å²) in [5, 5.41) is 13.3. The second-order valence-electron chi connectivity index (χ2n) is 7.53. The van der Waals surface area contributed by atoms with Gasteiger partial charge in [0.15, 0.2) is 5.65 Å². The SMILES string of the molecule is C=CC=CC(=CC)c1ccccc1-c1nccn2nc(Nc3ccc4cnn(C)c4c3)nc12. The molecule has 5 aromatic rings. The number of hydrogen-bond donors (Lipinski definition) is 1. The second kappa shape index (κ2) is 8.55. The first-order valence-corrected chi connectivity index (χ1v) is 10.6. The lowest BCUT2D eigenvalue weighted by atomic mass is 9.97. The summed E-state index contributed by atoms with van der Waals surface area (Å²) < 4.78 is 3.59. The van der Waals surface area contributed by atoms with Crippen LogP contribution in [0.15, 0.2) is 91.9 Å². The van der Waals surface area contributed by atoms with E-state index >= 15 is 0 Å². The van der Waals surface area contributed by atoms with Crippen LogP contribution in [0.25, 0.3) is 33.4 Å². The minimum Gasteiger partial charge on any atom is -0.323 e. The third-order valence-electron chi connectivity index (χ3n) is 5.48. The minimum atomic E-state index is 0.501. The normalized spacial score (nSPS) is 12.1. The van der Waals surface area contributed by atoms with Crippen LogP contribution in [0.5, 0.6) is 0 Å². The number of hydrogen-bond acceptors (Lipinski definition) is 5. The Morgan fingerprint density at radius 1 is 1.15 bits per heavy atom. The molecule has 0 saturated carbocycles. The van der Waals surface area contributed by atoms with Crippen molar-refractivity contribution in [1.82, 2.24) is 29.4 Å². The summed E-state index contributed by atoms with van der Waals surface area (Å²) in [4.78, 5) is 9.43. The Hall–Kier alpha value is -4.52. The predicted octanol–water partition coefficient (Wildman–Crippen LogP) is 5.57. The fourth-order valence-corrected chi connectivity index (χ4v) is 3.87. The average Bonchev–Trinajstić information content (AvgIpc) is 3.42. The van der Waals surface area contributed by atoms with Crippen LogP contribution in [0.2, 0.25) is 0 Å². The summed E-state index contributed by atoms with van der Waals surface area (Å²) in [6.07, 6.45) is 13.2. The summed E-state index contributed by atoms with van der Waals surface area (Å²) in [6.45, 7) is 5.80. The molecule has 0 radical (unpaired) electrons. The summed E-state index contributed by atoms with van der Waals surface area (Å²) >= 11 is 0. The topological polar surface area (TPSA) is 72.9 Å². The summed E-state index contributed by atoms with van der Waals surface area (Å²) in [6, 6.07) is 14.2. The molecule has 0 bridgehead atoms. The molecule has 2 aromatic carbocycles. The van der Waals surface area contributed by atoms with Crippen molar-refractivity contribution in [3.05, 3.63) is 97.5 Å². The highest BCUT2D eigenvalue weighted by atomic mass is 15.4. The fourth-order valence-electron chi connectivity index (χ4n) is 3.87. The van der Waals surface area contributed by atoms with Gasteiger partial charge in [-0.15, -0.1) is 5.10 Å². The van der Waals surface area contributed by atoms with E-state index in [9.17, 15) is 0 Å². The standard InChI is InChI=1S/C26H23N7/c1-4-6-9-18(5-2)21-10-7-8-11-22(21)24-25-30-26(31-33(25)15-14-27-24)29-20-13-12-19-17-28-32(3)23(19)16-20/h4-17H,1H2,2-3H3,(H,29,31). The molecule has 0 saturated heterocycles. The summed E-state index contributed by atoms with van der Waals surface area (Å²) in [5.74, 6) is 0.501. The maximum absolute atomic E-state index is 4.77. The van der Waals surface area contributed by atoms with E-state index in [1.807, 2.05) is 67.3 Å². The molecule has 0 unspecified atom stereocenters. The van der Waals surface area contributed by atoms with E-state index in [2.05, 4.69) is 45.3 Å². The predicted molar refractivity (Wildman–Crippen MR) is 133 cm³/mol. The first-order valence-electron chi connectivity index (χ1n) is 10.6. The zero-order valence-electron chi connectivity index (χ0n) is 18.5. The van der Waals surface area contributed by atoms with Crippen LogP contribution in [-0.2, 0) is 7.05 Å². The smallest absolute Gasteiger partial charge is 0.247 e. The van der Waals surface area contributed by atoms with Crippen LogP contribution < -0.4 is 5.32 Å². The molecule has 7 nitrogen and oxygen atoms in total. The van der Waals surface area contributed by atoms with Crippen LogP contribution in [0.4, 0.5) is 11.6 Å². The number of benzene rings is 2. The molecule has 5 rings (SSSR count). The van der Waals surface area contributed by atoms with Gasteiger partial charge in [-0.2, -0.15) is 10.1 Å². The van der Waals surface area contributed by atoms with E-state index in [-0.39, 0.29) is 0 Å². The molecule has 33 heavy (non-hydrogen) atoms. The zero-order chi connectivity index (χ0) is 22.8. The van der Waals surface area contributed by atoms with E-state index in [4.69, 9.17) is 4.98 Å². The van der Waals surface area contributed by atoms with Gasteiger partial charge in [0.25, 0.3) is 0 Å². The van der Waals surface area contributed by atoms with Crippen molar-refractivity contribution in [2.75, 3.05) is 5.32 Å².